The van der Waals surface area contributed by atoms with Crippen molar-refractivity contribution in [3.63, 3.8) is 0 Å². The predicted octanol–water partition coefficient (Wildman–Crippen LogP) is 5.04. The second-order valence-electron chi connectivity index (χ2n) is 8.29. The molecule has 0 aliphatic heterocycles. The molecule has 0 saturated heterocycles. The normalized spacial score (nSPS) is 11.5. The van der Waals surface area contributed by atoms with Crippen LogP contribution in [-0.2, 0) is 18.0 Å². The molecule has 0 aliphatic carbocycles. The van der Waals surface area contributed by atoms with E-state index in [9.17, 15) is 4.79 Å². The fourth-order valence-corrected chi connectivity index (χ4v) is 4.35. The summed E-state index contributed by atoms with van der Waals surface area (Å²) in [6.07, 6.45) is 1.60. The number of aromatic amines is 1. The summed E-state index contributed by atoms with van der Waals surface area (Å²) in [5.41, 5.74) is 3.56. The summed E-state index contributed by atoms with van der Waals surface area (Å²) < 4.78 is 13.0. The monoisotopic (exact) mass is 533 g/mol. The molecule has 0 bridgehead atoms. The zero-order chi connectivity index (χ0) is 25.5. The van der Waals surface area contributed by atoms with Gasteiger partial charge in [0.05, 0.1) is 35.0 Å². The van der Waals surface area contributed by atoms with Crippen LogP contribution in [0.1, 0.15) is 16.8 Å². The van der Waals surface area contributed by atoms with Gasteiger partial charge in [0.1, 0.15) is 16.6 Å². The number of hydrogen-bond donors (Lipinski definition) is 1. The Bertz CT molecular complexity index is 1830. The van der Waals surface area contributed by atoms with Crippen molar-refractivity contribution < 1.29 is 9.15 Å². The van der Waals surface area contributed by atoms with Crippen LogP contribution in [0.5, 0.6) is 0 Å². The molecule has 12 heteroatoms. The van der Waals surface area contributed by atoms with E-state index in [0.29, 0.717) is 50.4 Å². The fraction of sp³-hybridized carbons (Fsp3) is 0.120. The van der Waals surface area contributed by atoms with Crippen molar-refractivity contribution >= 4 is 45.1 Å². The van der Waals surface area contributed by atoms with E-state index in [-0.39, 0.29) is 17.9 Å². The summed E-state index contributed by atoms with van der Waals surface area (Å²) >= 11 is 12.4. The molecule has 0 amide bonds. The number of halogens is 2. The first-order valence-electron chi connectivity index (χ1n) is 11.2. The smallest absolute Gasteiger partial charge is 0.349 e. The molecule has 2 aromatic carbocycles. The van der Waals surface area contributed by atoms with Crippen molar-refractivity contribution in [3.8, 4) is 17.4 Å². The third kappa shape index (κ3) is 4.35. The molecule has 0 saturated carbocycles. The lowest BCUT2D eigenvalue weighted by Crippen LogP contribution is -2.08. The molecule has 6 rings (SSSR count). The van der Waals surface area contributed by atoms with Crippen molar-refractivity contribution in [2.75, 3.05) is 0 Å². The van der Waals surface area contributed by atoms with Gasteiger partial charge >= 0.3 is 5.63 Å². The van der Waals surface area contributed by atoms with Crippen molar-refractivity contribution in [2.24, 2.45) is 0 Å². The molecule has 184 valence electrons. The van der Waals surface area contributed by atoms with Crippen molar-refractivity contribution in [2.45, 2.75) is 20.1 Å². The minimum Gasteiger partial charge on any atom is -0.401 e. The lowest BCUT2D eigenvalue weighted by atomic mass is 10.1. The fourth-order valence-electron chi connectivity index (χ4n) is 4.03. The largest absolute Gasteiger partial charge is 0.401 e. The molecule has 6 aromatic rings. The SMILES string of the molecule is Cc1cc2[nH]nnc2c2c(=O)oc(-c3cc(COCc4ccc(Cl)cc4)nn3-c3ncccc3Cl)nc12. The van der Waals surface area contributed by atoms with E-state index >= 15 is 0 Å². The second kappa shape index (κ2) is 9.40. The summed E-state index contributed by atoms with van der Waals surface area (Å²) in [7, 11) is 0. The minimum atomic E-state index is -0.594. The van der Waals surface area contributed by atoms with E-state index in [1.54, 1.807) is 36.5 Å². The van der Waals surface area contributed by atoms with Gasteiger partial charge in [0, 0.05) is 11.2 Å². The minimum absolute atomic E-state index is 0.0571. The number of fused-ring (bicyclic) bond motifs is 3. The number of rotatable bonds is 6. The standard InChI is InChI=1S/C25H17Cl2N7O3/c1-13-9-18-22(31-33-30-18)20-21(13)29-24(37-25(20)35)19-10-16(12-36-11-14-4-6-15(26)7-5-14)32-34(19)23-17(27)3-2-8-28-23/h2-10H,11-12H2,1H3,(H,30,31,33). The van der Waals surface area contributed by atoms with Crippen LogP contribution in [0.15, 0.2) is 63.9 Å². The highest BCUT2D eigenvalue weighted by atomic mass is 35.5. The van der Waals surface area contributed by atoms with Gasteiger partial charge in [-0.05, 0) is 54.4 Å². The van der Waals surface area contributed by atoms with E-state index in [2.05, 4.69) is 30.5 Å². The maximum Gasteiger partial charge on any atom is 0.349 e. The van der Waals surface area contributed by atoms with Gasteiger partial charge in [-0.25, -0.2) is 19.4 Å². The molecule has 10 nitrogen and oxygen atoms in total. The Kier molecular flexibility index (Phi) is 5.91. The molecular weight excluding hydrogens is 517 g/mol. The number of pyridine rings is 1. The van der Waals surface area contributed by atoms with Crippen LogP contribution in [-0.4, -0.2) is 35.2 Å². The van der Waals surface area contributed by atoms with Gasteiger partial charge in [0.2, 0.25) is 5.89 Å². The summed E-state index contributed by atoms with van der Waals surface area (Å²) in [4.78, 5) is 22.2. The first kappa shape index (κ1) is 23.3. The van der Waals surface area contributed by atoms with Gasteiger partial charge in [0.15, 0.2) is 5.82 Å². The molecular formula is C25H17Cl2N7O3. The highest BCUT2D eigenvalue weighted by molar-refractivity contribution is 6.32. The Morgan fingerprint density at radius 2 is 1.92 bits per heavy atom. The second-order valence-corrected chi connectivity index (χ2v) is 9.14. The van der Waals surface area contributed by atoms with E-state index in [1.807, 2.05) is 25.1 Å². The highest BCUT2D eigenvalue weighted by Crippen LogP contribution is 2.28. The lowest BCUT2D eigenvalue weighted by Gasteiger charge is -2.08. The van der Waals surface area contributed by atoms with E-state index in [1.165, 1.54) is 4.68 Å². The third-order valence-corrected chi connectivity index (χ3v) is 6.29. The van der Waals surface area contributed by atoms with Gasteiger partial charge in [-0.3, -0.25) is 5.10 Å². The predicted molar refractivity (Wildman–Crippen MR) is 138 cm³/mol. The number of ether oxygens (including phenoxy) is 1. The number of aromatic nitrogens is 7. The van der Waals surface area contributed by atoms with Gasteiger partial charge in [-0.15, -0.1) is 5.10 Å². The molecule has 4 heterocycles. The summed E-state index contributed by atoms with van der Waals surface area (Å²) in [6, 6.07) is 14.4. The lowest BCUT2D eigenvalue weighted by molar-refractivity contribution is 0.104. The van der Waals surface area contributed by atoms with Gasteiger partial charge in [-0.2, -0.15) is 5.10 Å². The maximum absolute atomic E-state index is 13.1. The van der Waals surface area contributed by atoms with Crippen LogP contribution in [0.4, 0.5) is 0 Å². The van der Waals surface area contributed by atoms with Crippen LogP contribution >= 0.6 is 23.2 Å². The molecule has 0 spiro atoms. The molecule has 4 aromatic heterocycles. The van der Waals surface area contributed by atoms with E-state index < -0.39 is 5.63 Å². The Morgan fingerprint density at radius 1 is 1.08 bits per heavy atom. The first-order valence-corrected chi connectivity index (χ1v) is 11.9. The number of nitrogens with zero attached hydrogens (tertiary/aromatic N) is 6. The van der Waals surface area contributed by atoms with Crippen LogP contribution < -0.4 is 5.63 Å². The third-order valence-electron chi connectivity index (χ3n) is 5.74. The van der Waals surface area contributed by atoms with Crippen LogP contribution in [0, 0.1) is 6.92 Å². The van der Waals surface area contributed by atoms with Crippen LogP contribution in [0.2, 0.25) is 10.0 Å². The van der Waals surface area contributed by atoms with Gasteiger partial charge in [-0.1, -0.05) is 40.5 Å². The molecule has 37 heavy (non-hydrogen) atoms. The summed E-state index contributed by atoms with van der Waals surface area (Å²) in [5.74, 6) is 0.415. The number of H-pyrrole nitrogens is 1. The highest BCUT2D eigenvalue weighted by Gasteiger charge is 2.21. The molecule has 0 radical (unpaired) electrons. The maximum atomic E-state index is 13.1. The number of hydrogen-bond acceptors (Lipinski definition) is 8. The Morgan fingerprint density at radius 3 is 2.73 bits per heavy atom. The molecule has 1 N–H and O–H groups in total. The summed E-state index contributed by atoms with van der Waals surface area (Å²) in [5, 5.41) is 16.5. The zero-order valence-corrected chi connectivity index (χ0v) is 20.8. The first-order chi connectivity index (χ1) is 18.0. The Hall–Kier alpha value is -4.12. The Labute approximate surface area is 218 Å². The van der Waals surface area contributed by atoms with Crippen molar-refractivity contribution in [3.05, 3.63) is 92.0 Å². The summed E-state index contributed by atoms with van der Waals surface area (Å²) in [6.45, 7) is 2.39. The number of benzene rings is 2. The Balaban J connectivity index is 1.43. The topological polar surface area (TPSA) is 125 Å². The number of nitrogens with one attached hydrogen (secondary N) is 1. The van der Waals surface area contributed by atoms with E-state index in [4.69, 9.17) is 32.4 Å². The molecule has 0 unspecified atom stereocenters. The molecule has 0 fully saturated rings. The van der Waals surface area contributed by atoms with Gasteiger partial charge < -0.3 is 9.15 Å². The van der Waals surface area contributed by atoms with Crippen LogP contribution in [0.25, 0.3) is 39.3 Å². The average molecular weight is 534 g/mol. The number of aryl methyl sites for hydroxylation is 1. The quantitative estimate of drug-likeness (QED) is 0.315. The average Bonchev–Trinajstić information content (AvgIpc) is 3.53. The van der Waals surface area contributed by atoms with Crippen molar-refractivity contribution in [1.29, 1.82) is 0 Å². The van der Waals surface area contributed by atoms with Gasteiger partial charge in [0.25, 0.3) is 0 Å². The van der Waals surface area contributed by atoms with Crippen molar-refractivity contribution in [1.82, 2.24) is 35.2 Å². The van der Waals surface area contributed by atoms with Crippen LogP contribution in [0.3, 0.4) is 0 Å². The molecule has 0 aliphatic rings. The zero-order valence-electron chi connectivity index (χ0n) is 19.3. The molecule has 0 atom stereocenters. The van der Waals surface area contributed by atoms with E-state index in [0.717, 1.165) is 11.1 Å².